The monoisotopic (exact) mass is 456 g/mol. The molecular weight excluding hydrogens is 444 g/mol. The van der Waals surface area contributed by atoms with Crippen LogP contribution in [0.15, 0.2) is 45.3 Å². The molecule has 0 saturated carbocycles. The number of rotatable bonds is 5. The number of hydrogen-bond donors (Lipinski definition) is 1. The fourth-order valence-electron chi connectivity index (χ4n) is 1.71. The van der Waals surface area contributed by atoms with Crippen molar-refractivity contribution in [1.82, 2.24) is 0 Å². The van der Waals surface area contributed by atoms with E-state index < -0.39 is 0 Å². The van der Waals surface area contributed by atoms with Crippen molar-refractivity contribution in [3.8, 4) is 11.5 Å². The maximum Gasteiger partial charge on any atom is 0.153 e. The van der Waals surface area contributed by atoms with E-state index in [1.165, 1.54) is 6.07 Å². The van der Waals surface area contributed by atoms with Crippen LogP contribution in [0.1, 0.15) is 20.7 Å². The normalized spacial score (nSPS) is 15.0. The van der Waals surface area contributed by atoms with E-state index in [4.69, 9.17) is 14.6 Å². The fourth-order valence-corrected chi connectivity index (χ4v) is 2.47. The van der Waals surface area contributed by atoms with Gasteiger partial charge in [0.15, 0.2) is 12.6 Å². The van der Waals surface area contributed by atoms with Crippen molar-refractivity contribution in [2.24, 2.45) is 0 Å². The highest BCUT2D eigenvalue weighted by molar-refractivity contribution is 9.10. The van der Waals surface area contributed by atoms with Crippen LogP contribution in [0.2, 0.25) is 0 Å². The van der Waals surface area contributed by atoms with Crippen LogP contribution in [0.25, 0.3) is 0 Å². The van der Waals surface area contributed by atoms with E-state index in [1.807, 2.05) is 6.07 Å². The van der Waals surface area contributed by atoms with Gasteiger partial charge in [0.05, 0.1) is 17.7 Å². The molecule has 2 aromatic carbocycles. The number of phenols is 1. The Morgan fingerprint density at radius 1 is 1.08 bits per heavy atom. The number of hydrogen-bond acceptors (Lipinski definition) is 5. The first kappa shape index (κ1) is 18.6. The van der Waals surface area contributed by atoms with Crippen molar-refractivity contribution in [3.05, 3.63) is 56.5 Å². The Kier molecular flexibility index (Phi) is 6.96. The van der Waals surface area contributed by atoms with Crippen molar-refractivity contribution >= 4 is 44.4 Å². The molecule has 3 rings (SSSR count). The summed E-state index contributed by atoms with van der Waals surface area (Å²) in [5.41, 5.74) is 0.856. The highest BCUT2D eigenvalue weighted by Gasteiger charge is 2.23. The van der Waals surface area contributed by atoms with E-state index in [-0.39, 0.29) is 11.9 Å². The number of benzene rings is 2. The van der Waals surface area contributed by atoms with E-state index in [9.17, 15) is 9.59 Å². The maximum atomic E-state index is 10.7. The molecule has 1 atom stereocenters. The van der Waals surface area contributed by atoms with Gasteiger partial charge in [-0.25, -0.2) is 0 Å². The Hall–Kier alpha value is -1.70. The van der Waals surface area contributed by atoms with Crippen LogP contribution in [0.3, 0.4) is 0 Å². The number of halogens is 2. The smallest absolute Gasteiger partial charge is 0.153 e. The topological polar surface area (TPSA) is 76.1 Å². The van der Waals surface area contributed by atoms with Crippen LogP contribution in [0, 0.1) is 0 Å². The van der Waals surface area contributed by atoms with Gasteiger partial charge in [0.25, 0.3) is 0 Å². The van der Waals surface area contributed by atoms with Gasteiger partial charge in [-0.3, -0.25) is 9.59 Å². The van der Waals surface area contributed by atoms with Gasteiger partial charge in [-0.2, -0.15) is 0 Å². The number of aldehydes is 2. The molecule has 0 radical (unpaired) electrons. The number of aromatic hydroxyl groups is 1. The Labute approximate surface area is 155 Å². The molecule has 0 amide bonds. The number of ether oxygens (including phenoxy) is 2. The first-order chi connectivity index (χ1) is 11.5. The second-order valence-corrected chi connectivity index (χ2v) is 6.72. The van der Waals surface area contributed by atoms with Crippen LogP contribution < -0.4 is 4.74 Å². The van der Waals surface area contributed by atoms with Gasteiger partial charge in [0.1, 0.15) is 24.2 Å². The average molecular weight is 458 g/mol. The highest BCUT2D eigenvalue weighted by Crippen LogP contribution is 2.23. The highest BCUT2D eigenvalue weighted by atomic mass is 79.9. The largest absolute Gasteiger partial charge is 0.507 e. The van der Waals surface area contributed by atoms with Crippen molar-refractivity contribution in [2.75, 3.05) is 13.2 Å². The third kappa shape index (κ3) is 5.74. The molecule has 1 heterocycles. The summed E-state index contributed by atoms with van der Waals surface area (Å²) >= 11 is 6.46. The molecule has 0 spiro atoms. The minimum Gasteiger partial charge on any atom is -0.507 e. The fraction of sp³-hybridized carbons (Fsp3) is 0.176. The summed E-state index contributed by atoms with van der Waals surface area (Å²) in [5, 5.41) is 8.98. The zero-order valence-corrected chi connectivity index (χ0v) is 15.6. The van der Waals surface area contributed by atoms with Gasteiger partial charge in [0.2, 0.25) is 0 Å². The van der Waals surface area contributed by atoms with E-state index in [2.05, 4.69) is 31.9 Å². The molecule has 1 N–H and O–H groups in total. The summed E-state index contributed by atoms with van der Waals surface area (Å²) in [6.07, 6.45) is 1.60. The molecule has 1 saturated heterocycles. The maximum absolute atomic E-state index is 10.7. The molecule has 1 aliphatic rings. The summed E-state index contributed by atoms with van der Waals surface area (Å²) in [7, 11) is 0. The molecule has 1 unspecified atom stereocenters. The third-order valence-corrected chi connectivity index (χ3v) is 4.03. The van der Waals surface area contributed by atoms with E-state index in [1.54, 1.807) is 24.3 Å². The van der Waals surface area contributed by atoms with Gasteiger partial charge in [-0.15, -0.1) is 0 Å². The van der Waals surface area contributed by atoms with Gasteiger partial charge in [-0.05, 0) is 36.4 Å². The summed E-state index contributed by atoms with van der Waals surface area (Å²) in [6, 6.07) is 10.0. The van der Waals surface area contributed by atoms with E-state index in [0.717, 1.165) is 21.8 Å². The van der Waals surface area contributed by atoms with Gasteiger partial charge in [-0.1, -0.05) is 31.9 Å². The molecule has 0 aliphatic carbocycles. The van der Waals surface area contributed by atoms with Crippen molar-refractivity contribution < 1.29 is 24.2 Å². The van der Waals surface area contributed by atoms with Crippen LogP contribution in [0.5, 0.6) is 11.5 Å². The molecule has 5 nitrogen and oxygen atoms in total. The van der Waals surface area contributed by atoms with Crippen LogP contribution in [-0.2, 0) is 4.74 Å². The summed E-state index contributed by atoms with van der Waals surface area (Å²) in [4.78, 5) is 20.9. The number of epoxide rings is 1. The quantitative estimate of drug-likeness (QED) is 0.542. The van der Waals surface area contributed by atoms with Crippen LogP contribution in [-0.4, -0.2) is 37.0 Å². The van der Waals surface area contributed by atoms with E-state index in [0.29, 0.717) is 29.8 Å². The summed E-state index contributed by atoms with van der Waals surface area (Å²) in [5.74, 6) is 0.622. The Bertz CT molecular complexity index is 729. The molecule has 7 heteroatoms. The van der Waals surface area contributed by atoms with E-state index >= 15 is 0 Å². The zero-order chi connectivity index (χ0) is 17.5. The molecule has 1 fully saturated rings. The molecule has 1 aliphatic heterocycles. The predicted molar refractivity (Wildman–Crippen MR) is 96.0 cm³/mol. The predicted octanol–water partition coefficient (Wildman–Crippen LogP) is 4.01. The number of carbonyl (C=O) groups excluding carboxylic acids is 2. The molecule has 0 aromatic heterocycles. The lowest BCUT2D eigenvalue weighted by Gasteiger charge is -2.06. The molecule has 2 aromatic rings. The first-order valence-electron chi connectivity index (χ1n) is 6.96. The lowest BCUT2D eigenvalue weighted by molar-refractivity contribution is 0.111. The average Bonchev–Trinajstić information content (AvgIpc) is 3.40. The van der Waals surface area contributed by atoms with Crippen molar-refractivity contribution in [1.29, 1.82) is 0 Å². The summed E-state index contributed by atoms with van der Waals surface area (Å²) < 4.78 is 12.1. The summed E-state index contributed by atoms with van der Waals surface area (Å²) in [6.45, 7) is 1.27. The molecule has 0 bridgehead atoms. The Morgan fingerprint density at radius 3 is 2.21 bits per heavy atom. The second-order valence-electron chi connectivity index (χ2n) is 4.89. The molecule has 24 heavy (non-hydrogen) atoms. The Morgan fingerprint density at radius 2 is 1.67 bits per heavy atom. The zero-order valence-electron chi connectivity index (χ0n) is 12.4. The number of phenolic OH excluding ortho intramolecular Hbond substituents is 1. The Balaban J connectivity index is 0.000000185. The van der Waals surface area contributed by atoms with Gasteiger partial charge in [0, 0.05) is 8.95 Å². The van der Waals surface area contributed by atoms with Gasteiger partial charge >= 0.3 is 0 Å². The minimum absolute atomic E-state index is 0.0122. The van der Waals surface area contributed by atoms with Crippen molar-refractivity contribution in [3.63, 3.8) is 0 Å². The lowest BCUT2D eigenvalue weighted by atomic mass is 10.2. The lowest BCUT2D eigenvalue weighted by Crippen LogP contribution is -2.05. The van der Waals surface area contributed by atoms with Gasteiger partial charge < -0.3 is 14.6 Å². The molecular formula is C17H14Br2O5. The minimum atomic E-state index is 0.0122. The second kappa shape index (κ2) is 8.96. The number of carbonyl (C=O) groups is 2. The van der Waals surface area contributed by atoms with Crippen LogP contribution in [0.4, 0.5) is 0 Å². The molecule has 126 valence electrons. The third-order valence-electron chi connectivity index (χ3n) is 3.04. The SMILES string of the molecule is O=Cc1cc(Br)ccc1O.O=Cc1cc(Br)ccc1OCC1CO1. The first-order valence-corrected chi connectivity index (χ1v) is 8.55. The van der Waals surface area contributed by atoms with Crippen LogP contribution >= 0.6 is 31.9 Å². The standard InChI is InChI=1S/C10H9BrO3.C7H5BrO2/c11-8-1-2-10(7(3-8)4-12)14-6-9-5-13-9;8-6-1-2-7(10)5(3-6)4-9/h1-4,9H,5-6H2;1-4,10H. The van der Waals surface area contributed by atoms with Crippen molar-refractivity contribution in [2.45, 2.75) is 6.10 Å².